The van der Waals surface area contributed by atoms with Crippen molar-refractivity contribution in [2.45, 2.75) is 6.04 Å². The number of hydrogen-bond donors (Lipinski definition) is 1. The second-order valence-corrected chi connectivity index (χ2v) is 7.23. The van der Waals surface area contributed by atoms with Gasteiger partial charge in [-0.05, 0) is 35.9 Å². The van der Waals surface area contributed by atoms with Crippen molar-refractivity contribution in [2.24, 2.45) is 0 Å². The number of Topliss-reactive ketones (excluding diaryl/α,β-unsaturated/α-hetero) is 1. The highest BCUT2D eigenvalue weighted by atomic mass is 35.5. The predicted octanol–water partition coefficient (Wildman–Crippen LogP) is 4.97. The lowest BCUT2D eigenvalue weighted by molar-refractivity contribution is -0.132. The molecular weight excluding hydrogens is 402 g/mol. The topological polar surface area (TPSA) is 66.8 Å². The predicted molar refractivity (Wildman–Crippen MR) is 116 cm³/mol. The molecule has 0 aliphatic carbocycles. The van der Waals surface area contributed by atoms with E-state index in [-0.39, 0.29) is 11.3 Å². The van der Waals surface area contributed by atoms with Crippen molar-refractivity contribution in [3.63, 3.8) is 0 Å². The van der Waals surface area contributed by atoms with Gasteiger partial charge in [-0.1, -0.05) is 60.1 Å². The average molecular weight is 420 g/mol. The molecule has 6 heteroatoms. The number of rotatable bonds is 4. The number of carbonyl (C=O) groups excluding carboxylic acids is 2. The standard InChI is InChI=1S/C24H18ClNO4/c1-30-19-12-5-9-16(13-19)21-20(22(27)15-7-3-2-4-8-15)23(28)24(29)26(21)18-11-6-10-17(25)14-18/h2-14,21,27H,1H3/b22-20+. The average Bonchev–Trinajstić information content (AvgIpc) is 3.04. The monoisotopic (exact) mass is 419 g/mol. The Bertz CT molecular complexity index is 1160. The Morgan fingerprint density at radius 3 is 2.40 bits per heavy atom. The first-order valence-electron chi connectivity index (χ1n) is 9.27. The highest BCUT2D eigenvalue weighted by Gasteiger charge is 2.47. The Morgan fingerprint density at radius 1 is 0.967 bits per heavy atom. The maximum atomic E-state index is 13.1. The molecule has 4 rings (SSSR count). The third-order valence-corrected chi connectivity index (χ3v) is 5.22. The van der Waals surface area contributed by atoms with Crippen LogP contribution in [0.3, 0.4) is 0 Å². The second-order valence-electron chi connectivity index (χ2n) is 6.79. The largest absolute Gasteiger partial charge is 0.507 e. The second kappa shape index (κ2) is 8.05. The lowest BCUT2D eigenvalue weighted by Crippen LogP contribution is -2.29. The van der Waals surface area contributed by atoms with E-state index in [0.717, 1.165) is 0 Å². The highest BCUT2D eigenvalue weighted by molar-refractivity contribution is 6.51. The molecule has 30 heavy (non-hydrogen) atoms. The van der Waals surface area contributed by atoms with Gasteiger partial charge >= 0.3 is 0 Å². The van der Waals surface area contributed by atoms with Gasteiger partial charge < -0.3 is 9.84 Å². The summed E-state index contributed by atoms with van der Waals surface area (Å²) in [5.41, 5.74) is 1.56. The molecular formula is C24H18ClNO4. The number of hydrogen-bond acceptors (Lipinski definition) is 4. The van der Waals surface area contributed by atoms with Crippen LogP contribution in [0, 0.1) is 0 Å². The van der Waals surface area contributed by atoms with Crippen LogP contribution in [0.15, 0.2) is 84.4 Å². The zero-order valence-electron chi connectivity index (χ0n) is 16.1. The molecule has 3 aromatic carbocycles. The molecule has 0 saturated carbocycles. The van der Waals surface area contributed by atoms with Crippen LogP contribution in [-0.2, 0) is 9.59 Å². The highest BCUT2D eigenvalue weighted by Crippen LogP contribution is 2.43. The van der Waals surface area contributed by atoms with E-state index in [2.05, 4.69) is 0 Å². The van der Waals surface area contributed by atoms with Gasteiger partial charge in [-0.15, -0.1) is 0 Å². The molecule has 0 aromatic heterocycles. The molecule has 1 saturated heterocycles. The molecule has 1 unspecified atom stereocenters. The Hall–Kier alpha value is -3.57. The van der Waals surface area contributed by atoms with E-state index in [0.29, 0.717) is 27.6 Å². The Labute approximate surface area is 178 Å². The minimum absolute atomic E-state index is 0.0134. The van der Waals surface area contributed by atoms with Gasteiger partial charge in [0.15, 0.2) is 0 Å². The minimum atomic E-state index is -0.834. The maximum Gasteiger partial charge on any atom is 0.300 e. The molecule has 0 radical (unpaired) electrons. The van der Waals surface area contributed by atoms with Gasteiger partial charge in [0.2, 0.25) is 0 Å². The van der Waals surface area contributed by atoms with Gasteiger partial charge in [-0.25, -0.2) is 0 Å². The van der Waals surface area contributed by atoms with Crippen LogP contribution < -0.4 is 9.64 Å². The first-order valence-corrected chi connectivity index (χ1v) is 9.65. The number of halogens is 1. The van der Waals surface area contributed by atoms with Crippen LogP contribution in [0.25, 0.3) is 5.76 Å². The van der Waals surface area contributed by atoms with E-state index < -0.39 is 17.7 Å². The number of ketones is 1. The summed E-state index contributed by atoms with van der Waals surface area (Å²) in [6, 6.07) is 21.6. The number of carbonyl (C=O) groups is 2. The third-order valence-electron chi connectivity index (χ3n) is 4.99. The summed E-state index contributed by atoms with van der Waals surface area (Å²) >= 11 is 6.14. The van der Waals surface area contributed by atoms with E-state index in [9.17, 15) is 14.7 Å². The van der Waals surface area contributed by atoms with Crippen molar-refractivity contribution in [3.05, 3.63) is 101 Å². The number of nitrogens with zero attached hydrogens (tertiary/aromatic N) is 1. The molecule has 1 aliphatic rings. The quantitative estimate of drug-likeness (QED) is 0.368. The fourth-order valence-corrected chi connectivity index (χ4v) is 3.79. The van der Waals surface area contributed by atoms with Crippen LogP contribution in [0.5, 0.6) is 5.75 Å². The van der Waals surface area contributed by atoms with Crippen LogP contribution in [0.4, 0.5) is 5.69 Å². The van der Waals surface area contributed by atoms with Gasteiger partial charge in [-0.2, -0.15) is 0 Å². The fourth-order valence-electron chi connectivity index (χ4n) is 3.60. The normalized spacial score (nSPS) is 17.9. The first-order chi connectivity index (χ1) is 14.5. The molecule has 150 valence electrons. The first kappa shape index (κ1) is 19.7. The number of aliphatic hydroxyl groups excluding tert-OH is 1. The smallest absolute Gasteiger partial charge is 0.300 e. The number of ether oxygens (including phenoxy) is 1. The van der Waals surface area contributed by atoms with Crippen molar-refractivity contribution in [3.8, 4) is 5.75 Å². The number of aliphatic hydroxyl groups is 1. The van der Waals surface area contributed by atoms with Crippen molar-refractivity contribution in [2.75, 3.05) is 12.0 Å². The summed E-state index contributed by atoms with van der Waals surface area (Å²) in [6.07, 6.45) is 0. The summed E-state index contributed by atoms with van der Waals surface area (Å²) < 4.78 is 5.32. The molecule has 1 amide bonds. The molecule has 1 atom stereocenters. The van der Waals surface area contributed by atoms with Crippen molar-refractivity contribution in [1.29, 1.82) is 0 Å². The lowest BCUT2D eigenvalue weighted by Gasteiger charge is -2.25. The van der Waals surface area contributed by atoms with E-state index >= 15 is 0 Å². The van der Waals surface area contributed by atoms with Gasteiger partial charge in [0.05, 0.1) is 18.7 Å². The summed E-state index contributed by atoms with van der Waals surface area (Å²) in [5, 5.41) is 11.4. The van der Waals surface area contributed by atoms with Gasteiger partial charge in [0, 0.05) is 16.3 Å². The molecule has 3 aromatic rings. The molecule has 1 heterocycles. The van der Waals surface area contributed by atoms with Gasteiger partial charge in [-0.3, -0.25) is 14.5 Å². The van der Waals surface area contributed by atoms with Crippen molar-refractivity contribution < 1.29 is 19.4 Å². The SMILES string of the molecule is COc1cccc(C2/C(=C(\O)c3ccccc3)C(=O)C(=O)N2c2cccc(Cl)c2)c1. The zero-order chi connectivity index (χ0) is 21.3. The molecule has 1 aliphatic heterocycles. The maximum absolute atomic E-state index is 13.1. The van der Waals surface area contributed by atoms with Gasteiger partial charge in [0.1, 0.15) is 11.5 Å². The van der Waals surface area contributed by atoms with E-state index in [4.69, 9.17) is 16.3 Å². The molecule has 0 spiro atoms. The van der Waals surface area contributed by atoms with Gasteiger partial charge in [0.25, 0.3) is 11.7 Å². The Kier molecular flexibility index (Phi) is 5.29. The number of benzene rings is 3. The zero-order valence-corrected chi connectivity index (χ0v) is 16.8. The molecule has 1 N–H and O–H groups in total. The lowest BCUT2D eigenvalue weighted by atomic mass is 9.95. The fraction of sp³-hybridized carbons (Fsp3) is 0.0833. The summed E-state index contributed by atoms with van der Waals surface area (Å²) in [6.45, 7) is 0. The third kappa shape index (κ3) is 3.44. The Balaban J connectivity index is 1.97. The summed E-state index contributed by atoms with van der Waals surface area (Å²) in [4.78, 5) is 27.5. The van der Waals surface area contributed by atoms with Crippen molar-refractivity contribution in [1.82, 2.24) is 0 Å². The van der Waals surface area contributed by atoms with E-state index in [1.165, 1.54) is 12.0 Å². The number of amides is 1. The van der Waals surface area contributed by atoms with Crippen LogP contribution >= 0.6 is 11.6 Å². The molecule has 5 nitrogen and oxygen atoms in total. The molecule has 1 fully saturated rings. The van der Waals surface area contributed by atoms with Crippen LogP contribution in [0.2, 0.25) is 5.02 Å². The van der Waals surface area contributed by atoms with Crippen LogP contribution in [0.1, 0.15) is 17.2 Å². The summed E-state index contributed by atoms with van der Waals surface area (Å²) in [5.74, 6) is -1.15. The van der Waals surface area contributed by atoms with E-state index in [1.54, 1.807) is 78.9 Å². The number of anilines is 1. The van der Waals surface area contributed by atoms with Crippen molar-refractivity contribution >= 4 is 34.7 Å². The molecule has 0 bridgehead atoms. The minimum Gasteiger partial charge on any atom is -0.507 e. The van der Waals surface area contributed by atoms with Crippen LogP contribution in [-0.4, -0.2) is 23.9 Å². The number of methoxy groups -OCH3 is 1. The van der Waals surface area contributed by atoms with E-state index in [1.807, 2.05) is 0 Å². The summed E-state index contributed by atoms with van der Waals surface area (Å²) in [7, 11) is 1.54. The Morgan fingerprint density at radius 2 is 1.70 bits per heavy atom.